The molecule has 3 rings (SSSR count). The maximum Gasteiger partial charge on any atom is 0.228 e. The lowest BCUT2D eigenvalue weighted by Crippen LogP contribution is -2.26. The Morgan fingerprint density at radius 1 is 1.08 bits per heavy atom. The second-order valence-corrected chi connectivity index (χ2v) is 6.76. The van der Waals surface area contributed by atoms with E-state index in [4.69, 9.17) is 27.7 Å². The van der Waals surface area contributed by atoms with Gasteiger partial charge < -0.3 is 9.42 Å². The summed E-state index contributed by atoms with van der Waals surface area (Å²) >= 11 is 12.3. The van der Waals surface area contributed by atoms with Gasteiger partial charge in [-0.2, -0.15) is 0 Å². The van der Waals surface area contributed by atoms with Crippen molar-refractivity contribution in [3.05, 3.63) is 34.1 Å². The number of nitrogens with zero attached hydrogens (tertiary/aromatic N) is 4. The Bertz CT molecular complexity index is 888. The van der Waals surface area contributed by atoms with Crippen molar-refractivity contribution in [2.45, 2.75) is 33.6 Å². The topological polar surface area (TPSA) is 55.1 Å². The van der Waals surface area contributed by atoms with Crippen LogP contribution in [0.5, 0.6) is 0 Å². The summed E-state index contributed by atoms with van der Waals surface area (Å²) in [5.41, 5.74) is 2.61. The molecule has 2 aromatic heterocycles. The van der Waals surface area contributed by atoms with Crippen molar-refractivity contribution in [3.63, 3.8) is 0 Å². The SMILES string of the molecule is CCCN(CCC)c1nc(C)nc2c(-c3ccc(Cl)cc3Cl)noc12. The Hall–Kier alpha value is -1.85. The molecule has 0 N–H and O–H groups in total. The van der Waals surface area contributed by atoms with Crippen LogP contribution in [0.15, 0.2) is 22.7 Å². The number of anilines is 1. The van der Waals surface area contributed by atoms with Gasteiger partial charge in [0, 0.05) is 23.7 Å². The zero-order valence-corrected chi connectivity index (χ0v) is 16.0. The van der Waals surface area contributed by atoms with Gasteiger partial charge in [0.25, 0.3) is 0 Å². The molecular weight excluding hydrogens is 359 g/mol. The van der Waals surface area contributed by atoms with Crippen molar-refractivity contribution in [3.8, 4) is 11.3 Å². The van der Waals surface area contributed by atoms with Gasteiger partial charge in [0.05, 0.1) is 5.02 Å². The molecule has 0 aliphatic heterocycles. The normalized spacial score (nSPS) is 11.2. The molecule has 0 atom stereocenters. The zero-order chi connectivity index (χ0) is 18.0. The number of aromatic nitrogens is 3. The molecule has 0 saturated heterocycles. The van der Waals surface area contributed by atoms with Gasteiger partial charge in [-0.1, -0.05) is 42.2 Å². The van der Waals surface area contributed by atoms with Gasteiger partial charge in [0.2, 0.25) is 5.58 Å². The molecule has 0 unspecified atom stereocenters. The average Bonchev–Trinajstić information content (AvgIpc) is 2.97. The van der Waals surface area contributed by atoms with Gasteiger partial charge in [-0.3, -0.25) is 0 Å². The molecular formula is C18H20Cl2N4O. The van der Waals surface area contributed by atoms with Crippen LogP contribution < -0.4 is 4.90 Å². The minimum absolute atomic E-state index is 0.513. The van der Waals surface area contributed by atoms with Gasteiger partial charge in [0.15, 0.2) is 5.82 Å². The van der Waals surface area contributed by atoms with E-state index in [0.29, 0.717) is 32.7 Å². The monoisotopic (exact) mass is 378 g/mol. The van der Waals surface area contributed by atoms with Gasteiger partial charge in [-0.05, 0) is 38.0 Å². The number of fused-ring (bicyclic) bond motifs is 1. The molecule has 0 bridgehead atoms. The maximum absolute atomic E-state index is 6.34. The second kappa shape index (κ2) is 7.58. The number of hydrogen-bond acceptors (Lipinski definition) is 5. The van der Waals surface area contributed by atoms with Crippen LogP contribution in [0, 0.1) is 6.92 Å². The Morgan fingerprint density at radius 3 is 2.44 bits per heavy atom. The molecule has 0 spiro atoms. The molecule has 1 aromatic carbocycles. The van der Waals surface area contributed by atoms with Crippen LogP contribution >= 0.6 is 23.2 Å². The van der Waals surface area contributed by atoms with E-state index in [0.717, 1.165) is 37.3 Å². The summed E-state index contributed by atoms with van der Waals surface area (Å²) in [6.07, 6.45) is 2.04. The van der Waals surface area contributed by atoms with Gasteiger partial charge >= 0.3 is 0 Å². The minimum atomic E-state index is 0.513. The molecule has 0 aliphatic carbocycles. The highest BCUT2D eigenvalue weighted by Crippen LogP contribution is 2.36. The first-order valence-electron chi connectivity index (χ1n) is 8.39. The quantitative estimate of drug-likeness (QED) is 0.564. The van der Waals surface area contributed by atoms with Gasteiger partial charge in [0.1, 0.15) is 17.0 Å². The summed E-state index contributed by atoms with van der Waals surface area (Å²) in [4.78, 5) is 11.4. The van der Waals surface area contributed by atoms with Crippen LogP contribution in [0.1, 0.15) is 32.5 Å². The van der Waals surface area contributed by atoms with Crippen LogP contribution in [-0.4, -0.2) is 28.2 Å². The van der Waals surface area contributed by atoms with E-state index >= 15 is 0 Å². The Morgan fingerprint density at radius 2 is 1.80 bits per heavy atom. The number of rotatable bonds is 6. The van der Waals surface area contributed by atoms with Gasteiger partial charge in [-0.25, -0.2) is 9.97 Å². The predicted molar refractivity (Wildman–Crippen MR) is 103 cm³/mol. The number of halogens is 2. The molecule has 5 nitrogen and oxygen atoms in total. The minimum Gasteiger partial charge on any atom is -0.353 e. The van der Waals surface area contributed by atoms with Crippen molar-refractivity contribution >= 4 is 40.1 Å². The Labute approximate surface area is 156 Å². The highest BCUT2D eigenvalue weighted by molar-refractivity contribution is 6.36. The van der Waals surface area contributed by atoms with Crippen LogP contribution in [0.25, 0.3) is 22.4 Å². The molecule has 0 amide bonds. The fourth-order valence-electron chi connectivity index (χ4n) is 2.86. The van der Waals surface area contributed by atoms with E-state index in [1.165, 1.54) is 0 Å². The molecule has 2 heterocycles. The van der Waals surface area contributed by atoms with E-state index in [-0.39, 0.29) is 0 Å². The average molecular weight is 379 g/mol. The van der Waals surface area contributed by atoms with E-state index in [1.807, 2.05) is 13.0 Å². The predicted octanol–water partition coefficient (Wildman–Crippen LogP) is 5.53. The molecule has 132 valence electrons. The lowest BCUT2D eigenvalue weighted by atomic mass is 10.1. The summed E-state index contributed by atoms with van der Waals surface area (Å²) < 4.78 is 5.64. The summed E-state index contributed by atoms with van der Waals surface area (Å²) in [6, 6.07) is 5.29. The number of aryl methyl sites for hydroxylation is 1. The Balaban J connectivity index is 2.18. The molecule has 0 saturated carbocycles. The van der Waals surface area contributed by atoms with Crippen LogP contribution in [0.2, 0.25) is 10.0 Å². The van der Waals surface area contributed by atoms with E-state index < -0.39 is 0 Å². The van der Waals surface area contributed by atoms with E-state index in [2.05, 4.69) is 33.9 Å². The van der Waals surface area contributed by atoms with Crippen LogP contribution in [-0.2, 0) is 0 Å². The Kier molecular flexibility index (Phi) is 5.45. The molecule has 7 heteroatoms. The highest BCUT2D eigenvalue weighted by atomic mass is 35.5. The maximum atomic E-state index is 6.34. The third-order valence-corrected chi connectivity index (χ3v) is 4.43. The smallest absolute Gasteiger partial charge is 0.228 e. The second-order valence-electron chi connectivity index (χ2n) is 5.91. The fourth-order valence-corrected chi connectivity index (χ4v) is 3.36. The van der Waals surface area contributed by atoms with Crippen molar-refractivity contribution in [1.82, 2.24) is 15.1 Å². The van der Waals surface area contributed by atoms with Gasteiger partial charge in [-0.15, -0.1) is 0 Å². The van der Waals surface area contributed by atoms with E-state index in [1.54, 1.807) is 12.1 Å². The van der Waals surface area contributed by atoms with Crippen LogP contribution in [0.4, 0.5) is 5.82 Å². The summed E-state index contributed by atoms with van der Waals surface area (Å²) in [6.45, 7) is 7.97. The first-order valence-corrected chi connectivity index (χ1v) is 9.15. The largest absolute Gasteiger partial charge is 0.353 e. The lowest BCUT2D eigenvalue weighted by Gasteiger charge is -2.22. The van der Waals surface area contributed by atoms with Crippen molar-refractivity contribution in [2.75, 3.05) is 18.0 Å². The summed E-state index contributed by atoms with van der Waals surface area (Å²) in [5, 5.41) is 5.32. The third kappa shape index (κ3) is 3.58. The van der Waals surface area contributed by atoms with Crippen molar-refractivity contribution in [1.29, 1.82) is 0 Å². The summed E-state index contributed by atoms with van der Waals surface area (Å²) in [5.74, 6) is 1.46. The van der Waals surface area contributed by atoms with Crippen molar-refractivity contribution in [2.24, 2.45) is 0 Å². The molecule has 0 radical (unpaired) electrons. The first-order chi connectivity index (χ1) is 12.0. The lowest BCUT2D eigenvalue weighted by molar-refractivity contribution is 0.457. The molecule has 0 aliphatic rings. The standard InChI is InChI=1S/C18H20Cl2N4O/c1-4-8-24(9-5-2)18-17-16(21-11(3)22-18)15(23-25-17)13-7-6-12(19)10-14(13)20/h6-7,10H,4-5,8-9H2,1-3H3. The third-order valence-electron chi connectivity index (χ3n) is 3.88. The first kappa shape index (κ1) is 18.0. The highest BCUT2D eigenvalue weighted by Gasteiger charge is 2.22. The molecule has 0 fully saturated rings. The molecule has 25 heavy (non-hydrogen) atoms. The fraction of sp³-hybridized carbons (Fsp3) is 0.389. The zero-order valence-electron chi connectivity index (χ0n) is 14.5. The number of benzene rings is 1. The van der Waals surface area contributed by atoms with Crippen LogP contribution in [0.3, 0.4) is 0 Å². The van der Waals surface area contributed by atoms with E-state index in [9.17, 15) is 0 Å². The summed E-state index contributed by atoms with van der Waals surface area (Å²) in [7, 11) is 0. The number of hydrogen-bond donors (Lipinski definition) is 0. The van der Waals surface area contributed by atoms with Crippen molar-refractivity contribution < 1.29 is 4.52 Å². The molecule has 3 aromatic rings.